The minimum atomic E-state index is -0.834. The number of hydrogen-bond acceptors (Lipinski definition) is 1. The van der Waals surface area contributed by atoms with Crippen LogP contribution in [0.4, 0.5) is 8.78 Å². The van der Waals surface area contributed by atoms with Gasteiger partial charge in [0.05, 0.1) is 0 Å². The van der Waals surface area contributed by atoms with Crippen molar-refractivity contribution in [3.8, 4) is 0 Å². The number of benzene rings is 1. The van der Waals surface area contributed by atoms with Gasteiger partial charge < -0.3 is 5.73 Å². The smallest absolute Gasteiger partial charge is 0.159 e. The topological polar surface area (TPSA) is 26.0 Å². The van der Waals surface area contributed by atoms with Crippen molar-refractivity contribution in [1.82, 2.24) is 0 Å². The van der Waals surface area contributed by atoms with E-state index in [9.17, 15) is 8.78 Å². The van der Waals surface area contributed by atoms with Gasteiger partial charge in [-0.2, -0.15) is 0 Å². The van der Waals surface area contributed by atoms with Gasteiger partial charge in [0, 0.05) is 6.04 Å². The molecular weight excluding hydrogens is 196 g/mol. The summed E-state index contributed by atoms with van der Waals surface area (Å²) in [4.78, 5) is 0. The molecule has 0 saturated heterocycles. The molecule has 3 heteroatoms. The molecule has 0 bridgehead atoms. The van der Waals surface area contributed by atoms with E-state index in [4.69, 9.17) is 5.73 Å². The number of halogens is 2. The van der Waals surface area contributed by atoms with Crippen molar-refractivity contribution in [2.45, 2.75) is 26.8 Å². The fraction of sp³-hybridized carbons (Fsp3) is 0.500. The first-order valence-corrected chi connectivity index (χ1v) is 5.14. The van der Waals surface area contributed by atoms with Crippen LogP contribution in [0.15, 0.2) is 18.2 Å². The number of nitrogens with two attached hydrogens (primary N) is 1. The summed E-state index contributed by atoms with van der Waals surface area (Å²) in [6, 6.07) is 3.60. The molecule has 1 nitrogen and oxygen atoms in total. The van der Waals surface area contributed by atoms with Crippen LogP contribution in [0, 0.1) is 23.5 Å². The zero-order chi connectivity index (χ0) is 11.6. The molecule has 1 aromatic carbocycles. The fourth-order valence-electron chi connectivity index (χ4n) is 1.44. The maximum Gasteiger partial charge on any atom is 0.159 e. The summed E-state index contributed by atoms with van der Waals surface area (Å²) in [5.74, 6) is -1.02. The van der Waals surface area contributed by atoms with E-state index in [1.54, 1.807) is 6.07 Å². The Kier molecular flexibility index (Phi) is 3.80. The van der Waals surface area contributed by atoms with Crippen molar-refractivity contribution in [2.24, 2.45) is 17.6 Å². The predicted molar refractivity (Wildman–Crippen MR) is 57.3 cm³/mol. The highest BCUT2D eigenvalue weighted by Crippen LogP contribution is 2.26. The van der Waals surface area contributed by atoms with E-state index >= 15 is 0 Å². The van der Waals surface area contributed by atoms with Crippen LogP contribution in [0.3, 0.4) is 0 Å². The van der Waals surface area contributed by atoms with Gasteiger partial charge in [-0.1, -0.05) is 26.8 Å². The maximum atomic E-state index is 13.0. The van der Waals surface area contributed by atoms with Gasteiger partial charge in [0.1, 0.15) is 0 Å². The van der Waals surface area contributed by atoms with Crippen molar-refractivity contribution in [3.05, 3.63) is 35.4 Å². The number of hydrogen-bond donors (Lipinski definition) is 1. The highest BCUT2D eigenvalue weighted by Gasteiger charge is 2.19. The quantitative estimate of drug-likeness (QED) is 0.819. The van der Waals surface area contributed by atoms with E-state index in [1.807, 2.05) is 6.92 Å². The van der Waals surface area contributed by atoms with E-state index in [1.165, 1.54) is 6.07 Å². The summed E-state index contributed by atoms with van der Waals surface area (Å²) >= 11 is 0. The zero-order valence-corrected chi connectivity index (χ0v) is 9.30. The van der Waals surface area contributed by atoms with Gasteiger partial charge in [-0.25, -0.2) is 8.78 Å². The fourth-order valence-corrected chi connectivity index (χ4v) is 1.44. The molecular formula is C12H17F2N. The molecule has 0 aromatic heterocycles. The van der Waals surface area contributed by atoms with Gasteiger partial charge in [-0.05, 0) is 29.5 Å². The van der Waals surface area contributed by atoms with E-state index in [-0.39, 0.29) is 12.0 Å². The van der Waals surface area contributed by atoms with Crippen molar-refractivity contribution in [2.75, 3.05) is 0 Å². The van der Waals surface area contributed by atoms with Gasteiger partial charge in [-0.3, -0.25) is 0 Å². The molecule has 2 unspecified atom stereocenters. The third kappa shape index (κ3) is 2.75. The van der Waals surface area contributed by atoms with Crippen LogP contribution in [-0.4, -0.2) is 0 Å². The molecule has 0 heterocycles. The summed E-state index contributed by atoms with van der Waals surface area (Å²) < 4.78 is 25.7. The first-order chi connectivity index (χ1) is 6.93. The summed E-state index contributed by atoms with van der Waals surface area (Å²) in [5.41, 5.74) is 6.62. The second-order valence-corrected chi connectivity index (χ2v) is 4.30. The predicted octanol–water partition coefficient (Wildman–Crippen LogP) is 3.26. The first-order valence-electron chi connectivity index (χ1n) is 5.14. The van der Waals surface area contributed by atoms with Crippen LogP contribution in [0.1, 0.15) is 32.4 Å². The zero-order valence-electron chi connectivity index (χ0n) is 9.30. The average molecular weight is 213 g/mol. The Morgan fingerprint density at radius 1 is 1.07 bits per heavy atom. The van der Waals surface area contributed by atoms with Gasteiger partial charge in [-0.15, -0.1) is 0 Å². The van der Waals surface area contributed by atoms with Crippen LogP contribution in [0.2, 0.25) is 0 Å². The lowest BCUT2D eigenvalue weighted by Gasteiger charge is -2.23. The van der Waals surface area contributed by atoms with Crippen LogP contribution in [0.25, 0.3) is 0 Å². The minimum Gasteiger partial charge on any atom is -0.324 e. The molecule has 0 radical (unpaired) electrons. The summed E-state index contributed by atoms with van der Waals surface area (Å²) in [7, 11) is 0. The SMILES string of the molecule is CC(C)C(C)C(N)c1ccc(F)c(F)c1. The normalized spacial score (nSPS) is 15.4. The third-order valence-corrected chi connectivity index (χ3v) is 2.95. The van der Waals surface area contributed by atoms with Crippen LogP contribution < -0.4 is 5.73 Å². The van der Waals surface area contributed by atoms with Crippen LogP contribution >= 0.6 is 0 Å². The molecule has 2 N–H and O–H groups in total. The Hall–Kier alpha value is -0.960. The Labute approximate surface area is 89.3 Å². The Morgan fingerprint density at radius 2 is 1.67 bits per heavy atom. The molecule has 0 fully saturated rings. The Morgan fingerprint density at radius 3 is 2.13 bits per heavy atom. The first kappa shape index (κ1) is 12.1. The molecule has 0 amide bonds. The lowest BCUT2D eigenvalue weighted by Crippen LogP contribution is -2.23. The second kappa shape index (κ2) is 4.71. The van der Waals surface area contributed by atoms with Crippen molar-refractivity contribution < 1.29 is 8.78 Å². The van der Waals surface area contributed by atoms with Crippen LogP contribution in [0.5, 0.6) is 0 Å². The standard InChI is InChI=1S/C12H17F2N/c1-7(2)8(3)12(15)9-4-5-10(13)11(14)6-9/h4-8,12H,15H2,1-3H3. The van der Waals surface area contributed by atoms with E-state index in [0.717, 1.165) is 6.07 Å². The summed E-state index contributed by atoms with van der Waals surface area (Å²) in [5, 5.41) is 0. The lowest BCUT2D eigenvalue weighted by molar-refractivity contribution is 0.351. The molecule has 15 heavy (non-hydrogen) atoms. The lowest BCUT2D eigenvalue weighted by atomic mass is 9.87. The average Bonchev–Trinajstić information content (AvgIpc) is 2.19. The Bertz CT molecular complexity index is 336. The third-order valence-electron chi connectivity index (χ3n) is 2.95. The minimum absolute atomic E-state index is 0.231. The van der Waals surface area contributed by atoms with Crippen LogP contribution in [-0.2, 0) is 0 Å². The van der Waals surface area contributed by atoms with Gasteiger partial charge in [0.25, 0.3) is 0 Å². The highest BCUT2D eigenvalue weighted by atomic mass is 19.2. The van der Waals surface area contributed by atoms with Crippen molar-refractivity contribution in [1.29, 1.82) is 0 Å². The van der Waals surface area contributed by atoms with Gasteiger partial charge >= 0.3 is 0 Å². The van der Waals surface area contributed by atoms with E-state index in [2.05, 4.69) is 13.8 Å². The largest absolute Gasteiger partial charge is 0.324 e. The molecule has 1 aromatic rings. The molecule has 84 valence electrons. The molecule has 0 saturated carbocycles. The molecule has 0 aliphatic carbocycles. The summed E-state index contributed by atoms with van der Waals surface area (Å²) in [6.07, 6.45) is 0. The van der Waals surface area contributed by atoms with Crippen molar-refractivity contribution >= 4 is 0 Å². The molecule has 0 spiro atoms. The molecule has 0 aliphatic rings. The van der Waals surface area contributed by atoms with Crippen molar-refractivity contribution in [3.63, 3.8) is 0 Å². The molecule has 1 rings (SSSR count). The van der Waals surface area contributed by atoms with E-state index in [0.29, 0.717) is 11.5 Å². The van der Waals surface area contributed by atoms with Gasteiger partial charge in [0.15, 0.2) is 11.6 Å². The Balaban J connectivity index is 2.91. The second-order valence-electron chi connectivity index (χ2n) is 4.30. The highest BCUT2D eigenvalue weighted by molar-refractivity contribution is 5.21. The van der Waals surface area contributed by atoms with E-state index < -0.39 is 11.6 Å². The van der Waals surface area contributed by atoms with Gasteiger partial charge in [0.2, 0.25) is 0 Å². The number of rotatable bonds is 3. The maximum absolute atomic E-state index is 13.0. The molecule has 0 aliphatic heterocycles. The molecule has 2 atom stereocenters. The summed E-state index contributed by atoms with van der Waals surface area (Å²) in [6.45, 7) is 6.13. The monoisotopic (exact) mass is 213 g/mol.